The van der Waals surface area contributed by atoms with Gasteiger partial charge in [-0.05, 0) is 73.2 Å². The molecule has 0 atom stereocenters. The van der Waals surface area contributed by atoms with Gasteiger partial charge >= 0.3 is 5.97 Å². The fourth-order valence-corrected chi connectivity index (χ4v) is 4.16. The minimum Gasteiger partial charge on any atom is -0.495 e. The molecule has 2 amide bonds. The number of carbonyl (C=O) groups is 3. The predicted molar refractivity (Wildman–Crippen MR) is 142 cm³/mol. The fourth-order valence-electron chi connectivity index (χ4n) is 3.04. The molecule has 0 heterocycles. The molecule has 10 heteroatoms. The molecule has 0 aromatic heterocycles. The number of halogens is 2. The molecule has 7 nitrogen and oxygen atoms in total. The molecule has 0 spiro atoms. The highest BCUT2D eigenvalue weighted by Crippen LogP contribution is 2.29. The second-order valence-corrected chi connectivity index (χ2v) is 9.56. The molecule has 3 rings (SSSR count). The standard InChI is InChI=1S/C26H24Cl2N2O5S/c1-34-23-14-7-18(28)15-22(23)30-25(32)16-35-26(33)4-2-3-24(31)29-19-8-12-21(13-9-19)36-20-10-5-17(27)6-11-20/h5-15H,2-4,16H2,1H3,(H,29,31)(H,30,32). The van der Waals surface area contributed by atoms with E-state index in [2.05, 4.69) is 10.6 Å². The van der Waals surface area contributed by atoms with Crippen LogP contribution in [-0.4, -0.2) is 31.5 Å². The SMILES string of the molecule is COc1ccc(Cl)cc1NC(=O)COC(=O)CCCC(=O)Nc1ccc(Sc2ccc(Cl)cc2)cc1. The Kier molecular flexibility index (Phi) is 10.5. The molecule has 0 aliphatic carbocycles. The van der Waals surface area contributed by atoms with E-state index in [0.717, 1.165) is 9.79 Å². The summed E-state index contributed by atoms with van der Waals surface area (Å²) in [6.07, 6.45) is 0.443. The molecular weight excluding hydrogens is 523 g/mol. The molecule has 36 heavy (non-hydrogen) atoms. The van der Waals surface area contributed by atoms with Gasteiger partial charge in [-0.1, -0.05) is 35.0 Å². The Hall–Kier alpha value is -3.20. The monoisotopic (exact) mass is 546 g/mol. The number of carbonyl (C=O) groups excluding carboxylic acids is 3. The van der Waals surface area contributed by atoms with Crippen LogP contribution in [0, 0.1) is 0 Å². The summed E-state index contributed by atoms with van der Waals surface area (Å²) in [6, 6.07) is 19.8. The number of esters is 1. The Balaban J connectivity index is 1.34. The summed E-state index contributed by atoms with van der Waals surface area (Å²) in [4.78, 5) is 38.3. The number of benzene rings is 3. The van der Waals surface area contributed by atoms with Crippen LogP contribution in [0.5, 0.6) is 5.75 Å². The highest BCUT2D eigenvalue weighted by molar-refractivity contribution is 7.99. The molecule has 0 fully saturated rings. The van der Waals surface area contributed by atoms with Gasteiger partial charge in [0.1, 0.15) is 5.75 Å². The van der Waals surface area contributed by atoms with E-state index in [1.807, 2.05) is 48.5 Å². The summed E-state index contributed by atoms with van der Waals surface area (Å²) < 4.78 is 10.1. The van der Waals surface area contributed by atoms with Gasteiger partial charge in [0.25, 0.3) is 5.91 Å². The van der Waals surface area contributed by atoms with Crippen LogP contribution in [0.25, 0.3) is 0 Å². The fraction of sp³-hybridized carbons (Fsp3) is 0.192. The smallest absolute Gasteiger partial charge is 0.306 e. The van der Waals surface area contributed by atoms with Crippen molar-refractivity contribution in [3.63, 3.8) is 0 Å². The molecule has 0 aliphatic heterocycles. The zero-order valence-corrected chi connectivity index (χ0v) is 21.7. The quantitative estimate of drug-likeness (QED) is 0.268. The maximum atomic E-state index is 12.2. The Bertz CT molecular complexity index is 1200. The molecule has 0 aliphatic rings. The normalized spacial score (nSPS) is 10.4. The minimum absolute atomic E-state index is 0.0118. The molecule has 0 saturated heterocycles. The first kappa shape index (κ1) is 27.4. The van der Waals surface area contributed by atoms with E-state index in [0.29, 0.717) is 33.6 Å². The van der Waals surface area contributed by atoms with Gasteiger partial charge in [-0.2, -0.15) is 0 Å². The van der Waals surface area contributed by atoms with Gasteiger partial charge in [-0.3, -0.25) is 14.4 Å². The van der Waals surface area contributed by atoms with Crippen molar-refractivity contribution in [1.82, 2.24) is 0 Å². The van der Waals surface area contributed by atoms with Crippen LogP contribution in [-0.2, 0) is 19.1 Å². The average molecular weight is 547 g/mol. The lowest BCUT2D eigenvalue weighted by molar-refractivity contribution is -0.147. The summed E-state index contributed by atoms with van der Waals surface area (Å²) in [5.74, 6) is -0.884. The summed E-state index contributed by atoms with van der Waals surface area (Å²) in [5.41, 5.74) is 1.04. The van der Waals surface area contributed by atoms with Crippen LogP contribution in [0.2, 0.25) is 10.0 Å². The van der Waals surface area contributed by atoms with Gasteiger partial charge in [0.2, 0.25) is 5.91 Å². The summed E-state index contributed by atoms with van der Waals surface area (Å²) in [5, 5.41) is 6.50. The van der Waals surface area contributed by atoms with Crippen molar-refractivity contribution in [1.29, 1.82) is 0 Å². The molecular formula is C26H24Cl2N2O5S. The largest absolute Gasteiger partial charge is 0.495 e. The van der Waals surface area contributed by atoms with Crippen LogP contribution in [0.15, 0.2) is 76.5 Å². The Morgan fingerprint density at radius 2 is 1.44 bits per heavy atom. The zero-order chi connectivity index (χ0) is 25.9. The maximum Gasteiger partial charge on any atom is 0.306 e. The molecule has 3 aromatic rings. The lowest BCUT2D eigenvalue weighted by Gasteiger charge is -2.11. The molecule has 0 saturated carbocycles. The number of anilines is 2. The van der Waals surface area contributed by atoms with E-state index in [-0.39, 0.29) is 18.7 Å². The minimum atomic E-state index is -0.570. The maximum absolute atomic E-state index is 12.2. The van der Waals surface area contributed by atoms with Gasteiger partial charge in [0.05, 0.1) is 12.8 Å². The van der Waals surface area contributed by atoms with E-state index < -0.39 is 18.5 Å². The number of ether oxygens (including phenoxy) is 2. The third-order valence-electron chi connectivity index (χ3n) is 4.77. The number of amides is 2. The number of hydrogen-bond acceptors (Lipinski definition) is 6. The van der Waals surface area contributed by atoms with Crippen LogP contribution in [0.1, 0.15) is 19.3 Å². The van der Waals surface area contributed by atoms with E-state index >= 15 is 0 Å². The summed E-state index contributed by atoms with van der Waals surface area (Å²) in [7, 11) is 1.46. The molecule has 2 N–H and O–H groups in total. The van der Waals surface area contributed by atoms with E-state index in [9.17, 15) is 14.4 Å². The topological polar surface area (TPSA) is 93.7 Å². The average Bonchev–Trinajstić information content (AvgIpc) is 2.85. The predicted octanol–water partition coefficient (Wildman–Crippen LogP) is 6.44. The van der Waals surface area contributed by atoms with Gasteiger partial charge in [0, 0.05) is 38.4 Å². The van der Waals surface area contributed by atoms with Crippen molar-refractivity contribution in [2.75, 3.05) is 24.4 Å². The number of hydrogen-bond donors (Lipinski definition) is 2. The second-order valence-electron chi connectivity index (χ2n) is 7.54. The van der Waals surface area contributed by atoms with Crippen molar-refractivity contribution in [3.05, 3.63) is 76.8 Å². The first-order valence-electron chi connectivity index (χ1n) is 10.9. The Morgan fingerprint density at radius 1 is 0.806 bits per heavy atom. The first-order chi connectivity index (χ1) is 17.3. The van der Waals surface area contributed by atoms with Crippen molar-refractivity contribution >= 4 is 64.1 Å². The Morgan fingerprint density at radius 3 is 2.11 bits per heavy atom. The highest BCUT2D eigenvalue weighted by Gasteiger charge is 2.12. The lowest BCUT2D eigenvalue weighted by atomic mass is 10.2. The number of rotatable bonds is 11. The van der Waals surface area contributed by atoms with Gasteiger partial charge in [-0.25, -0.2) is 0 Å². The van der Waals surface area contributed by atoms with Crippen molar-refractivity contribution in [2.45, 2.75) is 29.1 Å². The van der Waals surface area contributed by atoms with Crippen molar-refractivity contribution < 1.29 is 23.9 Å². The lowest BCUT2D eigenvalue weighted by Crippen LogP contribution is -2.21. The summed E-state index contributed by atoms with van der Waals surface area (Å²) >= 11 is 13.4. The molecule has 0 bridgehead atoms. The van der Waals surface area contributed by atoms with Crippen molar-refractivity contribution in [3.8, 4) is 5.75 Å². The second kappa shape index (κ2) is 13.8. The molecule has 0 radical (unpaired) electrons. The van der Waals surface area contributed by atoms with Crippen LogP contribution >= 0.6 is 35.0 Å². The zero-order valence-electron chi connectivity index (χ0n) is 19.4. The number of methoxy groups -OCH3 is 1. The number of nitrogens with one attached hydrogen (secondary N) is 2. The molecule has 188 valence electrons. The third kappa shape index (κ3) is 9.11. The van der Waals surface area contributed by atoms with Crippen molar-refractivity contribution in [2.24, 2.45) is 0 Å². The third-order valence-corrected chi connectivity index (χ3v) is 6.27. The van der Waals surface area contributed by atoms with Crippen LogP contribution in [0.3, 0.4) is 0 Å². The van der Waals surface area contributed by atoms with E-state index in [1.54, 1.807) is 23.9 Å². The molecule has 0 unspecified atom stereocenters. The van der Waals surface area contributed by atoms with Gasteiger partial charge in [0.15, 0.2) is 6.61 Å². The Labute approximate surface area is 223 Å². The molecule has 3 aromatic carbocycles. The van der Waals surface area contributed by atoms with Gasteiger partial charge in [-0.15, -0.1) is 0 Å². The van der Waals surface area contributed by atoms with Crippen LogP contribution < -0.4 is 15.4 Å². The van der Waals surface area contributed by atoms with E-state index in [1.165, 1.54) is 13.2 Å². The van der Waals surface area contributed by atoms with Gasteiger partial charge < -0.3 is 20.1 Å². The van der Waals surface area contributed by atoms with E-state index in [4.69, 9.17) is 32.7 Å². The summed E-state index contributed by atoms with van der Waals surface area (Å²) in [6.45, 7) is -0.457. The van der Waals surface area contributed by atoms with Crippen LogP contribution in [0.4, 0.5) is 11.4 Å². The first-order valence-corrected chi connectivity index (χ1v) is 12.5. The highest BCUT2D eigenvalue weighted by atomic mass is 35.5.